The van der Waals surface area contributed by atoms with Crippen molar-refractivity contribution in [2.75, 3.05) is 18.7 Å². The van der Waals surface area contributed by atoms with Crippen LogP contribution in [0.3, 0.4) is 0 Å². The molecule has 0 saturated carbocycles. The molecule has 2 rings (SSSR count). The second-order valence-corrected chi connectivity index (χ2v) is 4.91. The molecule has 0 spiro atoms. The van der Waals surface area contributed by atoms with Crippen molar-refractivity contribution in [2.24, 2.45) is 5.10 Å². The number of nitrogens with zero attached hydrogens (tertiary/aromatic N) is 2. The van der Waals surface area contributed by atoms with E-state index >= 15 is 0 Å². The zero-order chi connectivity index (χ0) is 15.9. The quantitative estimate of drug-likeness (QED) is 0.480. The molecule has 0 atom stereocenters. The summed E-state index contributed by atoms with van der Waals surface area (Å²) in [7, 11) is 1.37. The number of carbonyl (C=O) groups excluding carboxylic acids is 1. The highest BCUT2D eigenvalue weighted by molar-refractivity contribution is 5.90. The molecule has 22 heavy (non-hydrogen) atoms. The van der Waals surface area contributed by atoms with Gasteiger partial charge in [-0.3, -0.25) is 5.01 Å². The second kappa shape index (κ2) is 7.41. The Kier molecular flexibility index (Phi) is 5.31. The standard InChI is InChI=1S/C18H20N2O2/c1-4-20(17-11-5-14(2)6-12-17)19-13-15-7-9-16(10-8-15)18(21)22-3/h5-13H,4H2,1-3H3/b19-13+. The van der Waals surface area contributed by atoms with Gasteiger partial charge in [0.15, 0.2) is 0 Å². The number of rotatable bonds is 5. The van der Waals surface area contributed by atoms with E-state index in [-0.39, 0.29) is 5.97 Å². The fourth-order valence-electron chi connectivity index (χ4n) is 2.01. The minimum absolute atomic E-state index is 0.335. The summed E-state index contributed by atoms with van der Waals surface area (Å²) in [4.78, 5) is 11.4. The SMILES string of the molecule is CCN(/N=C/c1ccc(C(=O)OC)cc1)c1ccc(C)cc1. The Morgan fingerprint density at radius 1 is 1.14 bits per heavy atom. The summed E-state index contributed by atoms with van der Waals surface area (Å²) < 4.78 is 4.68. The summed E-state index contributed by atoms with van der Waals surface area (Å²) >= 11 is 0. The van der Waals surface area contributed by atoms with Gasteiger partial charge in [0.2, 0.25) is 0 Å². The van der Waals surface area contributed by atoms with Crippen LogP contribution in [0.15, 0.2) is 53.6 Å². The number of hydrogen-bond acceptors (Lipinski definition) is 4. The average molecular weight is 296 g/mol. The molecule has 2 aromatic carbocycles. The monoisotopic (exact) mass is 296 g/mol. The molecule has 0 saturated heterocycles. The van der Waals surface area contributed by atoms with Crippen LogP contribution in [0.2, 0.25) is 0 Å². The molecule has 0 heterocycles. The van der Waals surface area contributed by atoms with Gasteiger partial charge in [-0.25, -0.2) is 4.79 Å². The van der Waals surface area contributed by atoms with Crippen LogP contribution in [0.1, 0.15) is 28.4 Å². The maximum absolute atomic E-state index is 11.4. The van der Waals surface area contributed by atoms with Crippen LogP contribution >= 0.6 is 0 Å². The first kappa shape index (κ1) is 15.8. The Bertz CT molecular complexity index is 646. The number of hydrogen-bond donors (Lipinski definition) is 0. The predicted molar refractivity (Wildman–Crippen MR) is 89.6 cm³/mol. The molecular formula is C18H20N2O2. The fourth-order valence-corrected chi connectivity index (χ4v) is 2.01. The van der Waals surface area contributed by atoms with Gasteiger partial charge in [0.25, 0.3) is 0 Å². The molecule has 0 amide bonds. The summed E-state index contributed by atoms with van der Waals surface area (Å²) in [6.07, 6.45) is 1.78. The van der Waals surface area contributed by atoms with Gasteiger partial charge >= 0.3 is 5.97 Å². The van der Waals surface area contributed by atoms with Crippen molar-refractivity contribution in [3.8, 4) is 0 Å². The second-order valence-electron chi connectivity index (χ2n) is 4.91. The van der Waals surface area contributed by atoms with Crippen molar-refractivity contribution in [3.63, 3.8) is 0 Å². The Labute approximate surface area is 131 Å². The molecule has 0 aliphatic carbocycles. The van der Waals surface area contributed by atoms with E-state index in [2.05, 4.69) is 48.0 Å². The lowest BCUT2D eigenvalue weighted by atomic mass is 10.1. The van der Waals surface area contributed by atoms with Gasteiger partial charge < -0.3 is 4.74 Å². The van der Waals surface area contributed by atoms with Gasteiger partial charge in [0, 0.05) is 6.54 Å². The predicted octanol–water partition coefficient (Wildman–Crippen LogP) is 3.64. The first-order valence-corrected chi connectivity index (χ1v) is 7.20. The summed E-state index contributed by atoms with van der Waals surface area (Å²) in [6, 6.07) is 15.4. The number of benzene rings is 2. The summed E-state index contributed by atoms with van der Waals surface area (Å²) in [5.74, 6) is -0.335. The lowest BCUT2D eigenvalue weighted by Gasteiger charge is -2.16. The van der Waals surface area contributed by atoms with E-state index in [1.165, 1.54) is 12.7 Å². The third kappa shape index (κ3) is 3.95. The molecule has 0 N–H and O–H groups in total. The van der Waals surface area contributed by atoms with Crippen molar-refractivity contribution < 1.29 is 9.53 Å². The Balaban J connectivity index is 2.11. The molecule has 0 fully saturated rings. The van der Waals surface area contributed by atoms with Crippen molar-refractivity contribution in [1.82, 2.24) is 0 Å². The topological polar surface area (TPSA) is 41.9 Å². The maximum atomic E-state index is 11.4. The minimum atomic E-state index is -0.335. The number of esters is 1. The third-order valence-electron chi connectivity index (χ3n) is 3.31. The average Bonchev–Trinajstić information content (AvgIpc) is 2.56. The summed E-state index contributed by atoms with van der Waals surface area (Å²) in [6.45, 7) is 4.89. The zero-order valence-electron chi connectivity index (χ0n) is 13.1. The smallest absolute Gasteiger partial charge is 0.337 e. The van der Waals surface area contributed by atoms with Crippen molar-refractivity contribution in [2.45, 2.75) is 13.8 Å². The van der Waals surface area contributed by atoms with Gasteiger partial charge in [-0.15, -0.1) is 0 Å². The van der Waals surface area contributed by atoms with Crippen LogP contribution in [0.25, 0.3) is 0 Å². The van der Waals surface area contributed by atoms with Crippen LogP contribution < -0.4 is 5.01 Å². The molecule has 0 aromatic heterocycles. The van der Waals surface area contributed by atoms with E-state index < -0.39 is 0 Å². The van der Waals surface area contributed by atoms with E-state index in [1.54, 1.807) is 18.3 Å². The molecule has 4 nitrogen and oxygen atoms in total. The highest BCUT2D eigenvalue weighted by Crippen LogP contribution is 2.15. The molecule has 2 aromatic rings. The van der Waals surface area contributed by atoms with Gasteiger partial charge in [-0.2, -0.15) is 5.10 Å². The number of hydrazone groups is 1. The zero-order valence-corrected chi connectivity index (χ0v) is 13.1. The highest BCUT2D eigenvalue weighted by Gasteiger charge is 2.04. The number of methoxy groups -OCH3 is 1. The van der Waals surface area contributed by atoms with Crippen LogP contribution in [0.5, 0.6) is 0 Å². The molecule has 0 bridgehead atoms. The number of anilines is 1. The molecule has 0 aliphatic rings. The van der Waals surface area contributed by atoms with E-state index in [1.807, 2.05) is 17.1 Å². The molecule has 0 unspecified atom stereocenters. The lowest BCUT2D eigenvalue weighted by molar-refractivity contribution is 0.0600. The van der Waals surface area contributed by atoms with Crippen LogP contribution in [0.4, 0.5) is 5.69 Å². The molecule has 0 radical (unpaired) electrons. The van der Waals surface area contributed by atoms with Crippen LogP contribution in [-0.4, -0.2) is 25.8 Å². The van der Waals surface area contributed by atoms with E-state index in [9.17, 15) is 4.79 Å². The molecule has 0 aliphatic heterocycles. The minimum Gasteiger partial charge on any atom is -0.465 e. The Hall–Kier alpha value is -2.62. The Morgan fingerprint density at radius 3 is 2.32 bits per heavy atom. The van der Waals surface area contributed by atoms with E-state index in [0.29, 0.717) is 5.56 Å². The summed E-state index contributed by atoms with van der Waals surface area (Å²) in [5.41, 5.74) is 3.74. The molecule has 114 valence electrons. The number of aryl methyl sites for hydroxylation is 1. The third-order valence-corrected chi connectivity index (χ3v) is 3.31. The number of ether oxygens (including phenoxy) is 1. The van der Waals surface area contributed by atoms with Crippen LogP contribution in [0, 0.1) is 6.92 Å². The van der Waals surface area contributed by atoms with Crippen molar-refractivity contribution in [1.29, 1.82) is 0 Å². The van der Waals surface area contributed by atoms with E-state index in [0.717, 1.165) is 17.8 Å². The van der Waals surface area contributed by atoms with Gasteiger partial charge in [-0.05, 0) is 43.7 Å². The normalized spacial score (nSPS) is 10.7. The first-order valence-electron chi connectivity index (χ1n) is 7.20. The van der Waals surface area contributed by atoms with Crippen LogP contribution in [-0.2, 0) is 4.74 Å². The Morgan fingerprint density at radius 2 is 1.77 bits per heavy atom. The maximum Gasteiger partial charge on any atom is 0.337 e. The molecular weight excluding hydrogens is 276 g/mol. The fraction of sp³-hybridized carbons (Fsp3) is 0.222. The van der Waals surface area contributed by atoms with Crippen molar-refractivity contribution in [3.05, 3.63) is 65.2 Å². The van der Waals surface area contributed by atoms with Gasteiger partial charge in [0.1, 0.15) is 0 Å². The largest absolute Gasteiger partial charge is 0.465 e. The molecule has 4 heteroatoms. The highest BCUT2D eigenvalue weighted by atomic mass is 16.5. The van der Waals surface area contributed by atoms with Crippen molar-refractivity contribution >= 4 is 17.9 Å². The first-order chi connectivity index (χ1) is 10.6. The van der Waals surface area contributed by atoms with E-state index in [4.69, 9.17) is 0 Å². The van der Waals surface area contributed by atoms with Gasteiger partial charge in [-0.1, -0.05) is 29.8 Å². The number of carbonyl (C=O) groups is 1. The van der Waals surface area contributed by atoms with Gasteiger partial charge in [0.05, 0.1) is 24.6 Å². The summed E-state index contributed by atoms with van der Waals surface area (Å²) in [5, 5.41) is 6.42. The lowest BCUT2D eigenvalue weighted by Crippen LogP contribution is -2.15.